The van der Waals surface area contributed by atoms with Crippen LogP contribution < -0.4 is 16.4 Å². The van der Waals surface area contributed by atoms with Crippen LogP contribution in [0.4, 0.5) is 4.39 Å². The second kappa shape index (κ2) is 8.06. The van der Waals surface area contributed by atoms with Gasteiger partial charge in [-0.05, 0) is 43.4 Å². The molecular weight excluding hydrogens is 297 g/mol. The molecular formula is C17H24FN3O2. The zero-order valence-electron chi connectivity index (χ0n) is 13.4. The number of carbonyl (C=O) groups is 2. The number of aryl methyl sites for hydroxylation is 1. The first-order valence-corrected chi connectivity index (χ1v) is 8.04. The van der Waals surface area contributed by atoms with Crippen molar-refractivity contribution in [2.45, 2.75) is 38.6 Å². The molecule has 2 rings (SSSR count). The molecule has 5 nitrogen and oxygen atoms in total. The summed E-state index contributed by atoms with van der Waals surface area (Å²) in [5.41, 5.74) is 6.71. The van der Waals surface area contributed by atoms with E-state index in [1.807, 2.05) is 0 Å². The van der Waals surface area contributed by atoms with Crippen LogP contribution in [0.1, 0.15) is 41.6 Å². The predicted molar refractivity (Wildman–Crippen MR) is 86.4 cm³/mol. The minimum Gasteiger partial charge on any atom is -0.354 e. The second-order valence-electron chi connectivity index (χ2n) is 6.13. The topological polar surface area (TPSA) is 84.2 Å². The summed E-state index contributed by atoms with van der Waals surface area (Å²) in [6, 6.07) is 4.48. The number of rotatable bonds is 6. The van der Waals surface area contributed by atoms with Crippen LogP contribution in [0, 0.1) is 18.7 Å². The van der Waals surface area contributed by atoms with Gasteiger partial charge in [-0.25, -0.2) is 4.39 Å². The Morgan fingerprint density at radius 1 is 1.26 bits per heavy atom. The molecule has 1 fully saturated rings. The summed E-state index contributed by atoms with van der Waals surface area (Å²) in [5.74, 6) is -0.530. The largest absolute Gasteiger partial charge is 0.354 e. The fourth-order valence-electron chi connectivity index (χ4n) is 2.84. The lowest BCUT2D eigenvalue weighted by atomic mass is 10.00. The van der Waals surface area contributed by atoms with E-state index < -0.39 is 5.82 Å². The van der Waals surface area contributed by atoms with Crippen LogP contribution in [-0.2, 0) is 4.79 Å². The van der Waals surface area contributed by atoms with Crippen LogP contribution in [0.5, 0.6) is 0 Å². The molecule has 0 radical (unpaired) electrons. The molecule has 0 bridgehead atoms. The lowest BCUT2D eigenvalue weighted by Crippen LogP contribution is -2.36. The average Bonchev–Trinajstić information content (AvgIpc) is 2.91. The number of nitrogens with one attached hydrogen (secondary N) is 2. The van der Waals surface area contributed by atoms with Gasteiger partial charge in [0.2, 0.25) is 5.91 Å². The Bertz CT molecular complexity index is 577. The number of carbonyl (C=O) groups excluding carboxylic acids is 2. The summed E-state index contributed by atoms with van der Waals surface area (Å²) >= 11 is 0. The molecule has 23 heavy (non-hydrogen) atoms. The molecule has 1 aliphatic carbocycles. The lowest BCUT2D eigenvalue weighted by Gasteiger charge is -2.14. The molecule has 1 saturated carbocycles. The second-order valence-corrected chi connectivity index (χ2v) is 6.13. The number of benzene rings is 1. The third-order valence-electron chi connectivity index (χ3n) is 4.33. The van der Waals surface area contributed by atoms with Gasteiger partial charge in [0, 0.05) is 31.1 Å². The fraction of sp³-hybridized carbons (Fsp3) is 0.529. The van der Waals surface area contributed by atoms with Crippen LogP contribution in [-0.4, -0.2) is 30.9 Å². The van der Waals surface area contributed by atoms with E-state index in [4.69, 9.17) is 5.73 Å². The van der Waals surface area contributed by atoms with Crippen LogP contribution >= 0.6 is 0 Å². The van der Waals surface area contributed by atoms with Crippen molar-refractivity contribution in [1.82, 2.24) is 10.6 Å². The summed E-state index contributed by atoms with van der Waals surface area (Å²) in [7, 11) is 0. The van der Waals surface area contributed by atoms with Crippen molar-refractivity contribution in [3.63, 3.8) is 0 Å². The molecule has 2 amide bonds. The zero-order chi connectivity index (χ0) is 16.8. The molecule has 126 valence electrons. The van der Waals surface area contributed by atoms with Gasteiger partial charge >= 0.3 is 0 Å². The number of halogens is 1. The van der Waals surface area contributed by atoms with Crippen molar-refractivity contribution in [2.75, 3.05) is 13.1 Å². The number of hydrogen-bond donors (Lipinski definition) is 3. The highest BCUT2D eigenvalue weighted by Crippen LogP contribution is 2.26. The number of nitrogens with two attached hydrogens (primary N) is 1. The van der Waals surface area contributed by atoms with Gasteiger partial charge in [0.1, 0.15) is 5.82 Å². The molecule has 0 aliphatic heterocycles. The van der Waals surface area contributed by atoms with Gasteiger partial charge in [0.15, 0.2) is 0 Å². The Kier molecular flexibility index (Phi) is 6.10. The molecule has 1 aromatic carbocycles. The molecule has 0 spiro atoms. The minimum atomic E-state index is -0.404. The highest BCUT2D eigenvalue weighted by atomic mass is 19.1. The van der Waals surface area contributed by atoms with E-state index in [2.05, 4.69) is 10.6 Å². The van der Waals surface area contributed by atoms with Gasteiger partial charge in [0.05, 0.1) is 0 Å². The summed E-state index contributed by atoms with van der Waals surface area (Å²) in [6.07, 6.45) is 3.52. The SMILES string of the molecule is Cc1ccc(C(=O)NCCNC(=O)C[C@@H]2CCC[C@H]2N)cc1F. The highest BCUT2D eigenvalue weighted by molar-refractivity contribution is 5.94. The van der Waals surface area contributed by atoms with E-state index >= 15 is 0 Å². The van der Waals surface area contributed by atoms with E-state index in [0.717, 1.165) is 19.3 Å². The first-order valence-electron chi connectivity index (χ1n) is 8.04. The Balaban J connectivity index is 1.67. The minimum absolute atomic E-state index is 0.0389. The van der Waals surface area contributed by atoms with E-state index in [1.165, 1.54) is 6.07 Å². The van der Waals surface area contributed by atoms with Gasteiger partial charge < -0.3 is 16.4 Å². The van der Waals surface area contributed by atoms with Gasteiger partial charge in [-0.2, -0.15) is 0 Å². The Morgan fingerprint density at radius 2 is 2.00 bits per heavy atom. The quantitative estimate of drug-likeness (QED) is 0.694. The van der Waals surface area contributed by atoms with Crippen molar-refractivity contribution in [3.05, 3.63) is 35.1 Å². The van der Waals surface area contributed by atoms with Crippen molar-refractivity contribution in [3.8, 4) is 0 Å². The van der Waals surface area contributed by atoms with Crippen molar-refractivity contribution < 1.29 is 14.0 Å². The molecule has 0 aromatic heterocycles. The number of amides is 2. The maximum atomic E-state index is 13.4. The summed E-state index contributed by atoms with van der Waals surface area (Å²) in [5, 5.41) is 5.43. The maximum absolute atomic E-state index is 13.4. The van der Waals surface area contributed by atoms with Crippen LogP contribution in [0.2, 0.25) is 0 Å². The Hall–Kier alpha value is -1.95. The first-order chi connectivity index (χ1) is 11.0. The Morgan fingerprint density at radius 3 is 2.65 bits per heavy atom. The zero-order valence-corrected chi connectivity index (χ0v) is 13.4. The van der Waals surface area contributed by atoms with Crippen molar-refractivity contribution in [1.29, 1.82) is 0 Å². The first kappa shape index (κ1) is 17.4. The van der Waals surface area contributed by atoms with Gasteiger partial charge in [-0.1, -0.05) is 12.5 Å². The summed E-state index contributed by atoms with van der Waals surface area (Å²) < 4.78 is 13.4. The maximum Gasteiger partial charge on any atom is 0.251 e. The molecule has 1 aliphatic rings. The molecule has 0 heterocycles. The van der Waals surface area contributed by atoms with Crippen LogP contribution in [0.15, 0.2) is 18.2 Å². The highest BCUT2D eigenvalue weighted by Gasteiger charge is 2.25. The van der Waals surface area contributed by atoms with E-state index in [9.17, 15) is 14.0 Å². The van der Waals surface area contributed by atoms with Gasteiger partial charge in [-0.15, -0.1) is 0 Å². The average molecular weight is 321 g/mol. The van der Waals surface area contributed by atoms with Gasteiger partial charge in [-0.3, -0.25) is 9.59 Å². The summed E-state index contributed by atoms with van der Waals surface area (Å²) in [4.78, 5) is 23.7. The molecule has 0 unspecified atom stereocenters. The van der Waals surface area contributed by atoms with Gasteiger partial charge in [0.25, 0.3) is 5.91 Å². The molecule has 0 saturated heterocycles. The lowest BCUT2D eigenvalue weighted by molar-refractivity contribution is -0.122. The third kappa shape index (κ3) is 5.03. The number of hydrogen-bond acceptors (Lipinski definition) is 3. The van der Waals surface area contributed by atoms with Crippen molar-refractivity contribution >= 4 is 11.8 Å². The van der Waals surface area contributed by atoms with Crippen LogP contribution in [0.25, 0.3) is 0 Å². The summed E-state index contributed by atoms with van der Waals surface area (Å²) in [6.45, 7) is 2.29. The predicted octanol–water partition coefficient (Wildman–Crippen LogP) is 1.50. The third-order valence-corrected chi connectivity index (χ3v) is 4.33. The molecule has 1 aromatic rings. The normalized spacial score (nSPS) is 20.3. The van der Waals surface area contributed by atoms with Crippen molar-refractivity contribution in [2.24, 2.45) is 11.7 Å². The standard InChI is InChI=1S/C17H24FN3O2/c1-11-5-6-13(9-14(11)18)17(23)21-8-7-20-16(22)10-12-3-2-4-15(12)19/h5-6,9,12,15H,2-4,7-8,10,19H2,1H3,(H,20,22)(H,21,23)/t12-,15+/m0/s1. The van der Waals surface area contributed by atoms with E-state index in [-0.39, 0.29) is 29.3 Å². The smallest absolute Gasteiger partial charge is 0.251 e. The van der Waals surface area contributed by atoms with Crippen LogP contribution in [0.3, 0.4) is 0 Å². The Labute approximate surface area is 135 Å². The fourth-order valence-corrected chi connectivity index (χ4v) is 2.84. The van der Waals surface area contributed by atoms with E-state index in [1.54, 1.807) is 19.1 Å². The van der Waals surface area contributed by atoms with E-state index in [0.29, 0.717) is 25.1 Å². The monoisotopic (exact) mass is 321 g/mol. The molecule has 6 heteroatoms. The molecule has 2 atom stereocenters. The molecule has 4 N–H and O–H groups in total.